The zero-order valence-corrected chi connectivity index (χ0v) is 15.0. The number of halogens is 1. The van der Waals surface area contributed by atoms with Gasteiger partial charge in [0.2, 0.25) is 5.91 Å². The third kappa shape index (κ3) is 5.71. The number of likely N-dealkylation sites (tertiary alicyclic amines) is 1. The Balaban J connectivity index is 1.81. The largest absolute Gasteiger partial charge is 0.484 e. The van der Waals surface area contributed by atoms with Gasteiger partial charge >= 0.3 is 0 Å². The number of rotatable bonds is 6. The number of carbonyl (C=O) groups is 2. The van der Waals surface area contributed by atoms with Crippen molar-refractivity contribution < 1.29 is 14.3 Å². The molecule has 1 aliphatic rings. The van der Waals surface area contributed by atoms with Gasteiger partial charge in [0.25, 0.3) is 5.91 Å². The molecule has 1 aliphatic heterocycles. The third-order valence-corrected chi connectivity index (χ3v) is 4.26. The fourth-order valence-corrected chi connectivity index (χ4v) is 2.76. The number of hydrogen-bond donors (Lipinski definition) is 1. The molecule has 0 radical (unpaired) electrons. The van der Waals surface area contributed by atoms with Gasteiger partial charge in [-0.05, 0) is 43.0 Å². The van der Waals surface area contributed by atoms with Gasteiger partial charge < -0.3 is 15.0 Å². The molecule has 0 aliphatic carbocycles. The molecular formula is C18H25ClN2O3. The Morgan fingerprint density at radius 3 is 2.71 bits per heavy atom. The van der Waals surface area contributed by atoms with Crippen molar-refractivity contribution in [3.8, 4) is 5.75 Å². The zero-order chi connectivity index (χ0) is 17.5. The van der Waals surface area contributed by atoms with Gasteiger partial charge in [-0.1, -0.05) is 25.4 Å². The molecule has 1 heterocycles. The SMILES string of the molecule is CC(C)CNC(=O)[C@H]1CCCN(C(=O)COc2ccc(Cl)cc2)C1. The lowest BCUT2D eigenvalue weighted by molar-refractivity contribution is -0.137. The molecule has 24 heavy (non-hydrogen) atoms. The number of hydrogen-bond acceptors (Lipinski definition) is 3. The van der Waals surface area contributed by atoms with E-state index in [2.05, 4.69) is 19.2 Å². The molecule has 0 bridgehead atoms. The summed E-state index contributed by atoms with van der Waals surface area (Å²) in [5.74, 6) is 0.849. The fourth-order valence-electron chi connectivity index (χ4n) is 2.63. The van der Waals surface area contributed by atoms with Crippen molar-refractivity contribution in [1.29, 1.82) is 0 Å². The van der Waals surface area contributed by atoms with Gasteiger partial charge in [-0.25, -0.2) is 0 Å². The summed E-state index contributed by atoms with van der Waals surface area (Å²) in [5, 5.41) is 3.58. The first-order valence-electron chi connectivity index (χ1n) is 8.39. The first-order valence-corrected chi connectivity index (χ1v) is 8.77. The Morgan fingerprint density at radius 1 is 1.33 bits per heavy atom. The van der Waals surface area contributed by atoms with Crippen LogP contribution in [0.3, 0.4) is 0 Å². The van der Waals surface area contributed by atoms with E-state index >= 15 is 0 Å². The van der Waals surface area contributed by atoms with Gasteiger partial charge in [-0.2, -0.15) is 0 Å². The first kappa shape index (κ1) is 18.6. The number of carbonyl (C=O) groups excluding carboxylic acids is 2. The molecule has 1 N–H and O–H groups in total. The van der Waals surface area contributed by atoms with Crippen molar-refractivity contribution in [2.24, 2.45) is 11.8 Å². The van der Waals surface area contributed by atoms with Gasteiger partial charge in [0.15, 0.2) is 6.61 Å². The smallest absolute Gasteiger partial charge is 0.260 e. The predicted octanol–water partition coefficient (Wildman–Crippen LogP) is 2.73. The topological polar surface area (TPSA) is 58.6 Å². The van der Waals surface area contributed by atoms with Gasteiger partial charge in [-0.15, -0.1) is 0 Å². The van der Waals surface area contributed by atoms with Crippen LogP contribution in [0.4, 0.5) is 0 Å². The molecule has 1 atom stereocenters. The summed E-state index contributed by atoms with van der Waals surface area (Å²) in [6.45, 7) is 5.91. The van der Waals surface area contributed by atoms with Crippen molar-refractivity contribution in [2.45, 2.75) is 26.7 Å². The van der Waals surface area contributed by atoms with E-state index < -0.39 is 0 Å². The van der Waals surface area contributed by atoms with E-state index in [1.54, 1.807) is 29.2 Å². The standard InChI is InChI=1S/C18H25ClN2O3/c1-13(2)10-20-18(23)14-4-3-9-21(11-14)17(22)12-24-16-7-5-15(19)6-8-16/h5-8,13-14H,3-4,9-12H2,1-2H3,(H,20,23)/t14-/m0/s1. The molecule has 1 fully saturated rings. The van der Waals surface area contributed by atoms with E-state index in [-0.39, 0.29) is 24.3 Å². The highest BCUT2D eigenvalue weighted by Crippen LogP contribution is 2.18. The molecule has 1 aromatic rings. The number of benzene rings is 1. The Labute approximate surface area is 148 Å². The summed E-state index contributed by atoms with van der Waals surface area (Å²) in [7, 11) is 0. The first-order chi connectivity index (χ1) is 11.5. The van der Waals surface area contributed by atoms with Gasteiger partial charge in [0.05, 0.1) is 5.92 Å². The minimum Gasteiger partial charge on any atom is -0.484 e. The lowest BCUT2D eigenvalue weighted by atomic mass is 9.97. The van der Waals surface area contributed by atoms with E-state index in [0.29, 0.717) is 36.3 Å². The van der Waals surface area contributed by atoms with Crippen LogP contribution >= 0.6 is 11.6 Å². The highest BCUT2D eigenvalue weighted by Gasteiger charge is 2.28. The lowest BCUT2D eigenvalue weighted by Gasteiger charge is -2.32. The van der Waals surface area contributed by atoms with E-state index in [9.17, 15) is 9.59 Å². The highest BCUT2D eigenvalue weighted by molar-refractivity contribution is 6.30. The van der Waals surface area contributed by atoms with Crippen LogP contribution in [0.5, 0.6) is 5.75 Å². The van der Waals surface area contributed by atoms with Crippen LogP contribution in [0.25, 0.3) is 0 Å². The second-order valence-electron chi connectivity index (χ2n) is 6.56. The second kappa shape index (κ2) is 8.92. The summed E-state index contributed by atoms with van der Waals surface area (Å²) in [4.78, 5) is 26.2. The summed E-state index contributed by atoms with van der Waals surface area (Å²) >= 11 is 5.82. The molecule has 1 saturated heterocycles. The third-order valence-electron chi connectivity index (χ3n) is 4.01. The number of piperidine rings is 1. The number of nitrogens with one attached hydrogen (secondary N) is 1. The second-order valence-corrected chi connectivity index (χ2v) is 7.00. The van der Waals surface area contributed by atoms with Crippen molar-refractivity contribution in [2.75, 3.05) is 26.2 Å². The predicted molar refractivity (Wildman–Crippen MR) is 94.1 cm³/mol. The van der Waals surface area contributed by atoms with Crippen LogP contribution in [0.15, 0.2) is 24.3 Å². The molecule has 1 aromatic carbocycles. The molecule has 2 amide bonds. The molecule has 0 aromatic heterocycles. The molecule has 5 nitrogen and oxygen atoms in total. The average molecular weight is 353 g/mol. The molecule has 0 spiro atoms. The van der Waals surface area contributed by atoms with Crippen molar-refractivity contribution in [1.82, 2.24) is 10.2 Å². The number of ether oxygens (including phenoxy) is 1. The Bertz CT molecular complexity index is 560. The number of nitrogens with zero attached hydrogens (tertiary/aromatic N) is 1. The van der Waals surface area contributed by atoms with Crippen LogP contribution in [-0.2, 0) is 9.59 Å². The van der Waals surface area contributed by atoms with E-state index in [1.807, 2.05) is 0 Å². The van der Waals surface area contributed by atoms with Crippen molar-refractivity contribution in [3.05, 3.63) is 29.3 Å². The molecule has 0 unspecified atom stereocenters. The summed E-state index contributed by atoms with van der Waals surface area (Å²) in [6, 6.07) is 6.90. The van der Waals surface area contributed by atoms with Crippen LogP contribution in [0.1, 0.15) is 26.7 Å². The molecule has 0 saturated carbocycles. The summed E-state index contributed by atoms with van der Waals surface area (Å²) in [5.41, 5.74) is 0. The van der Waals surface area contributed by atoms with E-state index in [1.165, 1.54) is 0 Å². The van der Waals surface area contributed by atoms with Gasteiger partial charge in [0, 0.05) is 24.7 Å². The number of amides is 2. The summed E-state index contributed by atoms with van der Waals surface area (Å²) in [6.07, 6.45) is 1.66. The van der Waals surface area contributed by atoms with Crippen LogP contribution in [0, 0.1) is 11.8 Å². The van der Waals surface area contributed by atoms with E-state index in [0.717, 1.165) is 12.8 Å². The van der Waals surface area contributed by atoms with E-state index in [4.69, 9.17) is 16.3 Å². The highest BCUT2D eigenvalue weighted by atomic mass is 35.5. The summed E-state index contributed by atoms with van der Waals surface area (Å²) < 4.78 is 5.50. The zero-order valence-electron chi connectivity index (χ0n) is 14.3. The van der Waals surface area contributed by atoms with Crippen LogP contribution < -0.4 is 10.1 Å². The average Bonchev–Trinajstić information content (AvgIpc) is 2.59. The lowest BCUT2D eigenvalue weighted by Crippen LogP contribution is -2.47. The van der Waals surface area contributed by atoms with Crippen LogP contribution in [-0.4, -0.2) is 43.0 Å². The maximum absolute atomic E-state index is 12.3. The monoisotopic (exact) mass is 352 g/mol. The normalized spacial score (nSPS) is 17.7. The minimum absolute atomic E-state index is 0.0258. The molecule has 2 rings (SSSR count). The quantitative estimate of drug-likeness (QED) is 0.856. The minimum atomic E-state index is -0.128. The Kier molecular flexibility index (Phi) is 6.91. The molecular weight excluding hydrogens is 328 g/mol. The van der Waals surface area contributed by atoms with Gasteiger partial charge in [-0.3, -0.25) is 9.59 Å². The maximum Gasteiger partial charge on any atom is 0.260 e. The maximum atomic E-state index is 12.3. The Morgan fingerprint density at radius 2 is 2.04 bits per heavy atom. The molecule has 132 valence electrons. The van der Waals surface area contributed by atoms with Crippen molar-refractivity contribution >= 4 is 23.4 Å². The Hall–Kier alpha value is -1.75. The fraction of sp³-hybridized carbons (Fsp3) is 0.556. The molecule has 6 heteroatoms. The van der Waals surface area contributed by atoms with Crippen molar-refractivity contribution in [3.63, 3.8) is 0 Å². The van der Waals surface area contributed by atoms with Gasteiger partial charge in [0.1, 0.15) is 5.75 Å². The van der Waals surface area contributed by atoms with Crippen LogP contribution in [0.2, 0.25) is 5.02 Å².